The number of hydrogen-bond acceptors (Lipinski definition) is 3. The van der Waals surface area contributed by atoms with Crippen molar-refractivity contribution in [3.05, 3.63) is 29.6 Å². The second kappa shape index (κ2) is 6.45. The molecule has 15 heavy (non-hydrogen) atoms. The van der Waals surface area contributed by atoms with Gasteiger partial charge in [0.2, 0.25) is 0 Å². The summed E-state index contributed by atoms with van der Waals surface area (Å²) < 4.78 is 0. The second-order valence-corrected chi connectivity index (χ2v) is 4.33. The van der Waals surface area contributed by atoms with Crippen molar-refractivity contribution in [2.24, 2.45) is 0 Å². The molecule has 0 aliphatic rings. The lowest BCUT2D eigenvalue weighted by atomic mass is 10.3. The van der Waals surface area contributed by atoms with Crippen molar-refractivity contribution in [1.82, 2.24) is 4.98 Å². The molecule has 1 N–H and O–H groups in total. The molecule has 0 aliphatic carbocycles. The van der Waals surface area contributed by atoms with Crippen molar-refractivity contribution < 1.29 is 9.90 Å². The number of carbonyl (C=O) groups is 1. The van der Waals surface area contributed by atoms with Crippen LogP contribution in [0.15, 0.2) is 18.2 Å². The van der Waals surface area contributed by atoms with Gasteiger partial charge in [-0.25, -0.2) is 9.78 Å². The summed E-state index contributed by atoms with van der Waals surface area (Å²) in [4.78, 5) is 14.7. The maximum atomic E-state index is 10.7. The number of pyridine rings is 1. The molecule has 0 bridgehead atoms. The highest BCUT2D eigenvalue weighted by atomic mass is 32.2. The molecule has 4 heteroatoms. The third kappa shape index (κ3) is 4.34. The zero-order valence-electron chi connectivity index (χ0n) is 8.77. The van der Waals surface area contributed by atoms with Crippen molar-refractivity contribution in [2.75, 3.05) is 5.75 Å². The van der Waals surface area contributed by atoms with Crippen LogP contribution >= 0.6 is 11.8 Å². The summed E-state index contributed by atoms with van der Waals surface area (Å²) in [5, 5.41) is 8.75. The summed E-state index contributed by atoms with van der Waals surface area (Å²) in [6.45, 7) is 2.16. The Kier molecular flexibility index (Phi) is 5.18. The molecule has 1 aromatic rings. The predicted octanol–water partition coefficient (Wildman–Crippen LogP) is 2.81. The minimum atomic E-state index is -0.963. The van der Waals surface area contributed by atoms with Gasteiger partial charge in [-0.1, -0.05) is 19.4 Å². The van der Waals surface area contributed by atoms with Gasteiger partial charge in [0.25, 0.3) is 0 Å². The van der Waals surface area contributed by atoms with E-state index < -0.39 is 5.97 Å². The van der Waals surface area contributed by atoms with E-state index in [-0.39, 0.29) is 5.69 Å². The number of hydrogen-bond donors (Lipinski definition) is 1. The summed E-state index contributed by atoms with van der Waals surface area (Å²) in [5.74, 6) is 0.937. The Hall–Kier alpha value is -1.03. The molecule has 0 amide bonds. The Morgan fingerprint density at radius 3 is 3.00 bits per heavy atom. The molecule has 82 valence electrons. The largest absolute Gasteiger partial charge is 0.477 e. The van der Waals surface area contributed by atoms with Crippen LogP contribution in [0.2, 0.25) is 0 Å². The molecule has 3 nitrogen and oxygen atoms in total. The highest BCUT2D eigenvalue weighted by Gasteiger charge is 2.04. The first-order valence-corrected chi connectivity index (χ1v) is 6.16. The van der Waals surface area contributed by atoms with Crippen molar-refractivity contribution in [1.29, 1.82) is 0 Å². The molecule has 0 fully saturated rings. The fraction of sp³-hybridized carbons (Fsp3) is 0.455. The molecule has 0 saturated heterocycles. The van der Waals surface area contributed by atoms with Crippen LogP contribution < -0.4 is 0 Å². The maximum Gasteiger partial charge on any atom is 0.354 e. The molecule has 0 aliphatic heterocycles. The van der Waals surface area contributed by atoms with E-state index in [1.165, 1.54) is 18.9 Å². The molecule has 1 aromatic heterocycles. The molecule has 0 radical (unpaired) electrons. The third-order valence-corrected chi connectivity index (χ3v) is 3.00. The SMILES string of the molecule is CCCCSCc1cccc(C(=O)O)n1. The zero-order chi connectivity index (χ0) is 11.1. The third-order valence-electron chi connectivity index (χ3n) is 1.92. The van der Waals surface area contributed by atoms with Crippen molar-refractivity contribution in [3.63, 3.8) is 0 Å². The van der Waals surface area contributed by atoms with E-state index in [0.29, 0.717) is 0 Å². The van der Waals surface area contributed by atoms with Crippen LogP contribution in [0.4, 0.5) is 0 Å². The molecule has 0 saturated carbocycles. The predicted molar refractivity (Wildman–Crippen MR) is 62.3 cm³/mol. The van der Waals surface area contributed by atoms with Gasteiger partial charge in [-0.05, 0) is 24.3 Å². The van der Waals surface area contributed by atoms with Gasteiger partial charge in [0.15, 0.2) is 0 Å². The molecular formula is C11H15NO2S. The van der Waals surface area contributed by atoms with Crippen LogP contribution in [0.5, 0.6) is 0 Å². The maximum absolute atomic E-state index is 10.7. The Bertz CT molecular complexity index is 328. The summed E-state index contributed by atoms with van der Waals surface area (Å²) in [7, 11) is 0. The van der Waals surface area contributed by atoms with Crippen LogP contribution in [0.25, 0.3) is 0 Å². The van der Waals surface area contributed by atoms with Crippen LogP contribution in [0, 0.1) is 0 Å². The number of aromatic carboxylic acids is 1. The zero-order valence-corrected chi connectivity index (χ0v) is 9.59. The quantitative estimate of drug-likeness (QED) is 0.756. The van der Waals surface area contributed by atoms with Gasteiger partial charge in [0, 0.05) is 5.75 Å². The first kappa shape index (κ1) is 12.0. The minimum absolute atomic E-state index is 0.128. The van der Waals surface area contributed by atoms with Gasteiger partial charge >= 0.3 is 5.97 Å². The van der Waals surface area contributed by atoms with E-state index in [2.05, 4.69) is 11.9 Å². The molecule has 0 atom stereocenters. The first-order valence-electron chi connectivity index (χ1n) is 5.01. The molecule has 0 spiro atoms. The number of rotatable bonds is 6. The Labute approximate surface area is 93.9 Å². The summed E-state index contributed by atoms with van der Waals surface area (Å²) in [6, 6.07) is 5.13. The Morgan fingerprint density at radius 1 is 1.53 bits per heavy atom. The van der Waals surface area contributed by atoms with Crippen molar-refractivity contribution >= 4 is 17.7 Å². The van der Waals surface area contributed by atoms with Gasteiger partial charge in [-0.2, -0.15) is 11.8 Å². The monoisotopic (exact) mass is 225 g/mol. The van der Waals surface area contributed by atoms with E-state index in [1.54, 1.807) is 17.8 Å². The fourth-order valence-electron chi connectivity index (χ4n) is 1.10. The van der Waals surface area contributed by atoms with Crippen molar-refractivity contribution in [2.45, 2.75) is 25.5 Å². The van der Waals surface area contributed by atoms with Crippen LogP contribution in [-0.2, 0) is 5.75 Å². The van der Waals surface area contributed by atoms with Gasteiger partial charge in [0.1, 0.15) is 5.69 Å². The lowest BCUT2D eigenvalue weighted by Crippen LogP contribution is -2.01. The minimum Gasteiger partial charge on any atom is -0.477 e. The fourth-order valence-corrected chi connectivity index (χ4v) is 2.11. The average Bonchev–Trinajstić information content (AvgIpc) is 2.25. The van der Waals surface area contributed by atoms with Gasteiger partial charge in [-0.3, -0.25) is 0 Å². The van der Waals surface area contributed by atoms with E-state index in [0.717, 1.165) is 17.2 Å². The highest BCUT2D eigenvalue weighted by Crippen LogP contribution is 2.12. The number of carboxylic acid groups (broad SMARTS) is 1. The van der Waals surface area contributed by atoms with Crippen LogP contribution in [0.3, 0.4) is 0 Å². The number of nitrogens with zero attached hydrogens (tertiary/aromatic N) is 1. The molecule has 0 aromatic carbocycles. The summed E-state index contributed by atoms with van der Waals surface area (Å²) in [6.07, 6.45) is 2.39. The summed E-state index contributed by atoms with van der Waals surface area (Å²) >= 11 is 1.80. The topological polar surface area (TPSA) is 50.2 Å². The molecule has 1 heterocycles. The Morgan fingerprint density at radius 2 is 2.33 bits per heavy atom. The molecule has 1 rings (SSSR count). The van der Waals surface area contributed by atoms with Gasteiger partial charge in [-0.15, -0.1) is 0 Å². The van der Waals surface area contributed by atoms with E-state index in [4.69, 9.17) is 5.11 Å². The number of aromatic nitrogens is 1. The lowest BCUT2D eigenvalue weighted by molar-refractivity contribution is 0.0690. The van der Waals surface area contributed by atoms with Crippen LogP contribution in [-0.4, -0.2) is 21.8 Å². The second-order valence-electron chi connectivity index (χ2n) is 3.23. The normalized spacial score (nSPS) is 10.2. The first-order chi connectivity index (χ1) is 7.24. The average molecular weight is 225 g/mol. The standard InChI is InChI=1S/C11H15NO2S/c1-2-3-7-15-8-9-5-4-6-10(12-9)11(13)14/h4-6H,2-3,7-8H2,1H3,(H,13,14). The van der Waals surface area contributed by atoms with E-state index in [9.17, 15) is 4.79 Å². The van der Waals surface area contributed by atoms with Crippen LogP contribution in [0.1, 0.15) is 35.9 Å². The van der Waals surface area contributed by atoms with E-state index in [1.807, 2.05) is 6.07 Å². The molecular weight excluding hydrogens is 210 g/mol. The number of carboxylic acids is 1. The number of unbranched alkanes of at least 4 members (excludes halogenated alkanes) is 1. The van der Waals surface area contributed by atoms with E-state index >= 15 is 0 Å². The Balaban J connectivity index is 2.47. The lowest BCUT2D eigenvalue weighted by Gasteiger charge is -2.01. The van der Waals surface area contributed by atoms with Crippen molar-refractivity contribution in [3.8, 4) is 0 Å². The summed E-state index contributed by atoms with van der Waals surface area (Å²) in [5.41, 5.74) is 0.972. The van der Waals surface area contributed by atoms with Gasteiger partial charge in [0.05, 0.1) is 5.69 Å². The highest BCUT2D eigenvalue weighted by molar-refractivity contribution is 7.98. The number of thioether (sulfide) groups is 1. The van der Waals surface area contributed by atoms with Gasteiger partial charge < -0.3 is 5.11 Å². The molecule has 0 unspecified atom stereocenters. The smallest absolute Gasteiger partial charge is 0.354 e.